The first kappa shape index (κ1) is 109. The van der Waals surface area contributed by atoms with Crippen molar-refractivity contribution in [2.24, 2.45) is 11.3 Å². The highest BCUT2D eigenvalue weighted by Gasteiger charge is 2.53. The van der Waals surface area contributed by atoms with E-state index in [1.807, 2.05) is 0 Å². The number of morpholine rings is 1. The number of carboxylic acids is 2. The van der Waals surface area contributed by atoms with Crippen LogP contribution in [0.3, 0.4) is 0 Å². The zero-order valence-corrected chi connectivity index (χ0v) is 82.2. The molecule has 141 heavy (non-hydrogen) atoms. The fourth-order valence-corrected chi connectivity index (χ4v) is 22.9. The van der Waals surface area contributed by atoms with Crippen molar-refractivity contribution in [3.8, 4) is 0 Å². The van der Waals surface area contributed by atoms with Crippen LogP contribution in [0.5, 0.6) is 0 Å². The molecule has 0 radical (unpaired) electrons. The van der Waals surface area contributed by atoms with Crippen molar-refractivity contribution in [1.82, 2.24) is 39.2 Å². The van der Waals surface area contributed by atoms with Crippen molar-refractivity contribution < 1.29 is 129 Å². The van der Waals surface area contributed by atoms with Crippen LogP contribution in [0.1, 0.15) is 220 Å². The topological polar surface area (TPSA) is 228 Å². The third-order valence-corrected chi connectivity index (χ3v) is 31.8. The molecule has 25 nitrogen and oxygen atoms in total. The predicted octanol–water partition coefficient (Wildman–Crippen LogP) is 20.2. The minimum absolute atomic E-state index is 0.00353. The summed E-state index contributed by atoms with van der Waals surface area (Å²) >= 11 is 0. The van der Waals surface area contributed by atoms with Gasteiger partial charge in [0, 0.05) is 176 Å². The van der Waals surface area contributed by atoms with Gasteiger partial charge in [-0.05, 0) is 304 Å². The van der Waals surface area contributed by atoms with Gasteiger partial charge in [-0.2, -0.15) is 65.9 Å². The Morgan fingerprint density at radius 1 is 0.362 bits per heavy atom. The Bertz CT molecular complexity index is 4900. The number of carbonyl (C=O) groups excluding carboxylic acids is 4. The van der Waals surface area contributed by atoms with Crippen molar-refractivity contribution in [1.29, 1.82) is 0 Å². The average molecular weight is 2010 g/mol. The van der Waals surface area contributed by atoms with Gasteiger partial charge in [0.1, 0.15) is 0 Å². The Morgan fingerprint density at radius 2 is 0.681 bits per heavy atom. The maximum atomic E-state index is 13.9. The highest BCUT2D eigenvalue weighted by atomic mass is 19.4. The Balaban J connectivity index is 0.000000159. The molecule has 12 heterocycles. The number of halogens is 15. The number of aryl methyl sites for hydroxylation is 3. The smallest absolute Gasteiger partial charge is 0.425 e. The Labute approximate surface area is 815 Å². The third kappa shape index (κ3) is 27.3. The van der Waals surface area contributed by atoms with Gasteiger partial charge in [-0.3, -0.25) is 29.2 Å². The molecular formula is C101H139F15N12O13. The summed E-state index contributed by atoms with van der Waals surface area (Å²) in [5, 5.41) is 18.9. The number of likely N-dealkylation sites (tertiary alicyclic amines) is 8. The van der Waals surface area contributed by atoms with Crippen molar-refractivity contribution in [2.75, 3.05) is 164 Å². The molecule has 12 aliphatic rings. The molecule has 12 fully saturated rings. The number of amides is 4. The summed E-state index contributed by atoms with van der Waals surface area (Å²) in [6.45, 7) is 28.1. The molecule has 4 aromatic rings. The molecule has 4 spiro atoms. The van der Waals surface area contributed by atoms with Crippen LogP contribution in [0.15, 0.2) is 72.8 Å². The number of ether oxygens (including phenoxy) is 5. The van der Waals surface area contributed by atoms with Crippen molar-refractivity contribution in [3.05, 3.63) is 117 Å². The third-order valence-electron chi connectivity index (χ3n) is 31.8. The number of benzene rings is 4. The number of piperidine rings is 6. The lowest BCUT2D eigenvalue weighted by molar-refractivity contribution is -0.200. The van der Waals surface area contributed by atoms with E-state index < -0.39 is 103 Å². The van der Waals surface area contributed by atoms with Crippen molar-refractivity contribution in [2.45, 2.75) is 300 Å². The fraction of sp³-hybridized carbons (Fsp3) is 0.703. The molecule has 5 atom stereocenters. The largest absolute Gasteiger partial charge is 0.481 e. The number of aliphatic carboxylic acids is 2. The lowest BCUT2D eigenvalue weighted by Crippen LogP contribution is -2.53. The SMILES string of the molecule is CC(OC(=O)N1CCC2(CCCN2Cc2cc(N3CCCC(C)(C(=O)O)C3)cc(C(F)(F)F)c2)CC1)C(F)(F)F.Cc1cc(CN2CCCC23CCN(C(=O)OC(C)C(F)(F)F)CC3)cc(N2CCC(C(=O)O)CC2)c1.Cc1ccc(CN2CCCC23CCN(C(=O)OC(C)C(F)(F)F)CC3)cc1N1CCCC1.Cc1ccc(CN2CCCC23CCN(C(=O)OC(C)C(F)(F)F)CC3)cc1N1CCOCC1. The summed E-state index contributed by atoms with van der Waals surface area (Å²) in [5.41, 5.74) is 9.74. The molecule has 12 aliphatic heterocycles. The number of hydrogen-bond donors (Lipinski definition) is 2. The molecule has 0 aliphatic carbocycles. The zero-order valence-electron chi connectivity index (χ0n) is 82.2. The van der Waals surface area contributed by atoms with E-state index >= 15 is 0 Å². The highest BCUT2D eigenvalue weighted by molar-refractivity contribution is 5.76. The van der Waals surface area contributed by atoms with Crippen LogP contribution >= 0.6 is 0 Å². The van der Waals surface area contributed by atoms with Crippen LogP contribution in [0.2, 0.25) is 0 Å². The number of carboxylic acid groups (broad SMARTS) is 2. The minimum Gasteiger partial charge on any atom is -0.481 e. The monoisotopic (exact) mass is 2010 g/mol. The lowest BCUT2D eigenvalue weighted by Gasteiger charge is -2.45. The Morgan fingerprint density at radius 3 is 1.01 bits per heavy atom. The van der Waals surface area contributed by atoms with E-state index in [2.05, 4.69) is 129 Å². The van der Waals surface area contributed by atoms with Gasteiger partial charge in [0.25, 0.3) is 0 Å². The standard InChI is InChI=1S/C27H35F6N3O4.C26H36F3N3O4.C24H34F3N3O3.C24H34F3N3O2/c1-18(26(28,29)30)40-23(39)34-11-7-25(8-12-34)6-4-10-36(25)16-19-13-20(27(31,32)33)15-21(14-19)35-9-3-5-24(2,17-35)22(37)38;1-18-14-20(16-22(15-18)30-10-4-21(5-11-30)23(33)34)17-32-9-3-6-25(32)7-12-31(13-8-25)24(35)36-19(2)26(27,28)29;1-18-4-5-20(16-21(18)28-12-14-32-15-13-28)17-30-9-3-6-23(30)7-10-29(11-8-23)22(31)33-19(2)24(25,26)27;1-18-6-7-20(16-21(18)28-11-3-4-12-28)17-30-13-5-8-23(30)9-14-29(15-10-23)22(31)32-19(2)24(25,26)27/h13-15,18H,3-12,16-17H2,1-2H3,(H,37,38);14-16,19,21H,3-13,17H2,1-2H3,(H,33,34);4-5,16,19H,3,6-15,17H2,1-2H3;6-7,16,19H,3-5,8-15,17H2,1-2H3. The summed E-state index contributed by atoms with van der Waals surface area (Å²) in [5.74, 6) is -1.96. The van der Waals surface area contributed by atoms with Gasteiger partial charge in [-0.25, -0.2) is 19.2 Å². The van der Waals surface area contributed by atoms with Crippen LogP contribution in [0, 0.1) is 32.1 Å². The van der Waals surface area contributed by atoms with Gasteiger partial charge in [0.15, 0.2) is 24.4 Å². The van der Waals surface area contributed by atoms with E-state index in [4.69, 9.17) is 4.74 Å². The van der Waals surface area contributed by atoms with Gasteiger partial charge < -0.3 is 73.1 Å². The highest BCUT2D eigenvalue weighted by Crippen LogP contribution is 2.48. The van der Waals surface area contributed by atoms with Crippen LogP contribution in [-0.4, -0.2) is 301 Å². The molecule has 2 N–H and O–H groups in total. The predicted molar refractivity (Wildman–Crippen MR) is 500 cm³/mol. The summed E-state index contributed by atoms with van der Waals surface area (Å²) < 4.78 is 219. The van der Waals surface area contributed by atoms with Gasteiger partial charge in [-0.15, -0.1) is 0 Å². The molecule has 5 unspecified atom stereocenters. The summed E-state index contributed by atoms with van der Waals surface area (Å²) in [6.07, 6.45) is -16.9. The minimum atomic E-state index is -4.65. The molecule has 40 heteroatoms. The molecule has 12 saturated heterocycles. The molecule has 786 valence electrons. The molecule has 4 amide bonds. The number of alkyl halides is 15. The van der Waals surface area contributed by atoms with Crippen molar-refractivity contribution in [3.63, 3.8) is 0 Å². The maximum absolute atomic E-state index is 13.9. The summed E-state index contributed by atoms with van der Waals surface area (Å²) in [4.78, 5) is 96.1. The molecule has 4 aromatic carbocycles. The summed E-state index contributed by atoms with van der Waals surface area (Å²) in [7, 11) is 0. The second-order valence-corrected chi connectivity index (χ2v) is 41.3. The number of carbonyl (C=O) groups is 6. The van der Waals surface area contributed by atoms with E-state index in [0.717, 1.165) is 220 Å². The zero-order chi connectivity index (χ0) is 102. The number of rotatable bonds is 18. The lowest BCUT2D eigenvalue weighted by atomic mass is 9.81. The van der Waals surface area contributed by atoms with Gasteiger partial charge in [-0.1, -0.05) is 30.3 Å². The average Bonchev–Trinajstić information content (AvgIpc) is 0.995. The second kappa shape index (κ2) is 45.2. The first-order valence-electron chi connectivity index (χ1n) is 50.0. The fourth-order valence-electron chi connectivity index (χ4n) is 22.9. The Kier molecular flexibility index (Phi) is 35.0. The van der Waals surface area contributed by atoms with Crippen LogP contribution < -0.4 is 19.6 Å². The second-order valence-electron chi connectivity index (χ2n) is 41.3. The molecule has 0 aromatic heterocycles. The number of hydrogen-bond acceptors (Lipinski definition) is 19. The van der Waals surface area contributed by atoms with Gasteiger partial charge in [0.2, 0.25) is 0 Å². The maximum Gasteiger partial charge on any atom is 0.425 e. The first-order valence-corrected chi connectivity index (χ1v) is 50.0. The molecular weight excluding hydrogens is 1870 g/mol. The van der Waals surface area contributed by atoms with Crippen LogP contribution in [-0.2, 0) is 65.6 Å². The first-order chi connectivity index (χ1) is 66.3. The van der Waals surface area contributed by atoms with Crippen LogP contribution in [0.4, 0.5) is 108 Å². The van der Waals surface area contributed by atoms with E-state index in [0.29, 0.717) is 115 Å². The van der Waals surface area contributed by atoms with E-state index in [9.17, 15) is 105 Å². The van der Waals surface area contributed by atoms with E-state index in [1.165, 1.54) is 71.6 Å². The van der Waals surface area contributed by atoms with Gasteiger partial charge in [0.05, 0.1) is 30.1 Å². The normalized spacial score (nSPS) is 23.1. The quantitative estimate of drug-likeness (QED) is 0.0697. The summed E-state index contributed by atoms with van der Waals surface area (Å²) in [6, 6.07) is 23.9. The number of nitrogens with zero attached hydrogens (tertiary/aromatic N) is 12. The van der Waals surface area contributed by atoms with Crippen LogP contribution in [0.25, 0.3) is 0 Å². The molecule has 0 bridgehead atoms. The van der Waals surface area contributed by atoms with E-state index in [-0.39, 0.29) is 54.3 Å². The van der Waals surface area contributed by atoms with E-state index in [1.54, 1.807) is 17.9 Å². The van der Waals surface area contributed by atoms with Crippen molar-refractivity contribution >= 4 is 59.1 Å². The molecule has 0 saturated carbocycles. The molecule has 16 rings (SSSR count). The Hall–Kier alpha value is -9.15. The number of anilines is 4. The van der Waals surface area contributed by atoms with Gasteiger partial charge >= 0.3 is 67.2 Å².